The maximum Gasteiger partial charge on any atom is 0.269 e. The predicted octanol–water partition coefficient (Wildman–Crippen LogP) is 6.10. The molecule has 4 aromatic rings. The van der Waals surface area contributed by atoms with Gasteiger partial charge in [0.15, 0.2) is 11.6 Å². The van der Waals surface area contributed by atoms with E-state index in [0.717, 1.165) is 5.56 Å². The first-order valence-electron chi connectivity index (χ1n) is 13.4. The van der Waals surface area contributed by atoms with Crippen LogP contribution < -0.4 is 10.2 Å². The van der Waals surface area contributed by atoms with E-state index in [4.69, 9.17) is 11.6 Å². The molecule has 4 aromatic carbocycles. The third-order valence-electron chi connectivity index (χ3n) is 8.59. The molecular formula is C33H22ClN3O5. The van der Waals surface area contributed by atoms with Crippen molar-refractivity contribution in [3.63, 3.8) is 0 Å². The summed E-state index contributed by atoms with van der Waals surface area (Å²) in [7, 11) is 0. The molecule has 0 aromatic heterocycles. The first-order chi connectivity index (χ1) is 20.3. The van der Waals surface area contributed by atoms with Crippen molar-refractivity contribution in [2.45, 2.75) is 17.5 Å². The number of anilines is 2. The summed E-state index contributed by atoms with van der Waals surface area (Å²) in [4.78, 5) is 56.4. The highest BCUT2D eigenvalue weighted by molar-refractivity contribution is 6.34. The molecule has 0 aliphatic carbocycles. The molecule has 0 bridgehead atoms. The van der Waals surface area contributed by atoms with E-state index < -0.39 is 39.9 Å². The molecule has 8 nitrogen and oxygen atoms in total. The van der Waals surface area contributed by atoms with E-state index in [0.29, 0.717) is 16.9 Å². The van der Waals surface area contributed by atoms with Crippen LogP contribution in [-0.2, 0) is 10.2 Å². The molecular weight excluding hydrogens is 554 g/mol. The lowest BCUT2D eigenvalue weighted by molar-refractivity contribution is -0.384. The second-order valence-corrected chi connectivity index (χ2v) is 11.0. The van der Waals surface area contributed by atoms with Gasteiger partial charge in [-0.3, -0.25) is 24.5 Å². The fourth-order valence-corrected chi connectivity index (χ4v) is 7.10. The van der Waals surface area contributed by atoms with Gasteiger partial charge in [0, 0.05) is 34.6 Å². The molecule has 3 aliphatic heterocycles. The Morgan fingerprint density at radius 2 is 1.57 bits per heavy atom. The van der Waals surface area contributed by atoms with E-state index in [1.54, 1.807) is 36.4 Å². The Morgan fingerprint density at radius 1 is 0.881 bits per heavy atom. The van der Waals surface area contributed by atoms with Crippen molar-refractivity contribution < 1.29 is 19.3 Å². The third-order valence-corrected chi connectivity index (χ3v) is 8.92. The van der Waals surface area contributed by atoms with E-state index in [9.17, 15) is 24.5 Å². The van der Waals surface area contributed by atoms with Crippen LogP contribution in [0.2, 0.25) is 5.02 Å². The number of amides is 1. The monoisotopic (exact) mass is 575 g/mol. The lowest BCUT2D eigenvalue weighted by Crippen LogP contribution is -2.51. The molecule has 3 aliphatic rings. The van der Waals surface area contributed by atoms with Crippen molar-refractivity contribution in [3.05, 3.63) is 141 Å². The summed E-state index contributed by atoms with van der Waals surface area (Å²) in [6.45, 7) is 0. The van der Waals surface area contributed by atoms with Crippen LogP contribution in [0.25, 0.3) is 6.08 Å². The predicted molar refractivity (Wildman–Crippen MR) is 159 cm³/mol. The highest BCUT2D eigenvalue weighted by atomic mass is 35.5. The Hall–Kier alpha value is -5.08. The molecule has 0 radical (unpaired) electrons. The topological polar surface area (TPSA) is 110 Å². The molecule has 1 amide bonds. The third kappa shape index (κ3) is 3.51. The molecule has 1 N–H and O–H groups in total. The summed E-state index contributed by atoms with van der Waals surface area (Å²) in [6, 6.07) is 24.8. The Balaban J connectivity index is 1.52. The number of halogens is 1. The zero-order chi connectivity index (χ0) is 29.2. The van der Waals surface area contributed by atoms with E-state index in [-0.39, 0.29) is 27.7 Å². The molecule has 42 heavy (non-hydrogen) atoms. The second kappa shape index (κ2) is 9.49. The molecule has 7 rings (SSSR count). The zero-order valence-corrected chi connectivity index (χ0v) is 22.7. The number of carbonyl (C=O) groups excluding carboxylic acids is 3. The fourth-order valence-electron chi connectivity index (χ4n) is 6.87. The first kappa shape index (κ1) is 25.9. The van der Waals surface area contributed by atoms with Gasteiger partial charge in [0.2, 0.25) is 5.91 Å². The highest BCUT2D eigenvalue weighted by Gasteiger charge is 2.70. The Bertz CT molecular complexity index is 1850. The van der Waals surface area contributed by atoms with E-state index in [1.807, 2.05) is 53.5 Å². The van der Waals surface area contributed by atoms with Crippen molar-refractivity contribution in [1.82, 2.24) is 0 Å². The molecule has 0 saturated carbocycles. The minimum absolute atomic E-state index is 0.161. The molecule has 1 spiro atoms. The van der Waals surface area contributed by atoms with Gasteiger partial charge in [0.25, 0.3) is 5.69 Å². The number of non-ortho nitro benzene ring substituents is 1. The van der Waals surface area contributed by atoms with Crippen LogP contribution in [0.1, 0.15) is 31.8 Å². The summed E-state index contributed by atoms with van der Waals surface area (Å²) in [5, 5.41) is 14.5. The number of ketones is 2. The fraction of sp³-hybridized carbons (Fsp3) is 0.121. The Labute approximate surface area is 245 Å². The van der Waals surface area contributed by atoms with Gasteiger partial charge in [0.05, 0.1) is 21.9 Å². The van der Waals surface area contributed by atoms with Gasteiger partial charge in [-0.05, 0) is 47.5 Å². The minimum atomic E-state index is -1.47. The number of nitrogens with one attached hydrogen (secondary N) is 1. The Morgan fingerprint density at radius 3 is 2.33 bits per heavy atom. The Kier molecular flexibility index (Phi) is 5.85. The minimum Gasteiger partial charge on any atom is -0.352 e. The molecule has 4 atom stereocenters. The number of carbonyl (C=O) groups is 3. The summed E-state index contributed by atoms with van der Waals surface area (Å²) >= 11 is 6.56. The quantitative estimate of drug-likeness (QED) is 0.175. The number of nitro benzene ring substituents is 1. The van der Waals surface area contributed by atoms with Gasteiger partial charge in [0.1, 0.15) is 11.5 Å². The molecule has 1 saturated heterocycles. The summed E-state index contributed by atoms with van der Waals surface area (Å²) in [5.41, 5.74) is 1.51. The number of rotatable bonds is 5. The lowest BCUT2D eigenvalue weighted by atomic mass is 9.64. The van der Waals surface area contributed by atoms with E-state index >= 15 is 0 Å². The molecule has 3 heterocycles. The highest BCUT2D eigenvalue weighted by Crippen LogP contribution is 2.58. The maximum atomic E-state index is 14.8. The summed E-state index contributed by atoms with van der Waals surface area (Å²) in [6.07, 6.45) is 3.81. The number of fused-ring (bicyclic) bond motifs is 6. The van der Waals surface area contributed by atoms with Crippen molar-refractivity contribution in [2.75, 3.05) is 10.2 Å². The number of Topliss-reactive ketones (excluding diaryl/α,β-unsaturated/α-hetero) is 2. The average molecular weight is 576 g/mol. The van der Waals surface area contributed by atoms with Gasteiger partial charge in [-0.2, -0.15) is 0 Å². The lowest BCUT2D eigenvalue weighted by Gasteiger charge is -2.37. The van der Waals surface area contributed by atoms with Crippen molar-refractivity contribution >= 4 is 52.2 Å². The number of para-hydroxylation sites is 2. The van der Waals surface area contributed by atoms with Crippen molar-refractivity contribution in [2.24, 2.45) is 5.92 Å². The number of nitro groups is 1. The average Bonchev–Trinajstić information content (AvgIpc) is 3.49. The number of nitrogens with zero attached hydrogens (tertiary/aromatic N) is 2. The number of hydrogen-bond donors (Lipinski definition) is 1. The molecule has 0 unspecified atom stereocenters. The van der Waals surface area contributed by atoms with Crippen LogP contribution in [0, 0.1) is 16.0 Å². The van der Waals surface area contributed by atoms with Crippen LogP contribution in [0.15, 0.2) is 103 Å². The van der Waals surface area contributed by atoms with E-state index in [2.05, 4.69) is 5.32 Å². The van der Waals surface area contributed by atoms with Crippen LogP contribution in [-0.4, -0.2) is 34.5 Å². The second-order valence-electron chi connectivity index (χ2n) is 10.6. The van der Waals surface area contributed by atoms with Gasteiger partial charge in [-0.1, -0.05) is 72.3 Å². The van der Waals surface area contributed by atoms with Gasteiger partial charge >= 0.3 is 0 Å². The largest absolute Gasteiger partial charge is 0.352 e. The number of hydrogen-bond acceptors (Lipinski definition) is 6. The van der Waals surface area contributed by atoms with Gasteiger partial charge < -0.3 is 10.2 Å². The first-order valence-corrected chi connectivity index (χ1v) is 13.8. The summed E-state index contributed by atoms with van der Waals surface area (Å²) in [5.74, 6) is -2.44. The van der Waals surface area contributed by atoms with E-state index in [1.165, 1.54) is 24.3 Å². The smallest absolute Gasteiger partial charge is 0.269 e. The molecule has 1 fully saturated rings. The van der Waals surface area contributed by atoms with Gasteiger partial charge in [-0.15, -0.1) is 0 Å². The van der Waals surface area contributed by atoms with Crippen LogP contribution in [0.5, 0.6) is 0 Å². The molecule has 206 valence electrons. The van der Waals surface area contributed by atoms with Crippen molar-refractivity contribution in [3.8, 4) is 0 Å². The maximum absolute atomic E-state index is 14.8. The normalized spacial score (nSPS) is 23.2. The SMILES string of the molecule is O=C(c1ccc([N+](=O)[O-])cc1)[C@@H]1[C@H](C(=O)c2ccccc2Cl)[C@@]2(C(=O)Nc3ccccc32)[C@@H]2C=Cc3ccccc3N12. The van der Waals surface area contributed by atoms with Gasteiger partial charge in [-0.25, -0.2) is 0 Å². The van der Waals surface area contributed by atoms with Crippen LogP contribution in [0.3, 0.4) is 0 Å². The van der Waals surface area contributed by atoms with Crippen molar-refractivity contribution in [1.29, 1.82) is 0 Å². The summed E-state index contributed by atoms with van der Waals surface area (Å²) < 4.78 is 0. The standard InChI is InChI=1S/C33H22ClN3O5/c34-24-10-4-2-8-22(24)31(39)28-29(30(38)20-13-16-21(17-14-20)37(41)42)36-26-12-6-1-7-19(26)15-18-27(36)33(28)23-9-3-5-11-25(23)35-32(33)40/h1-18,27-29H,(H,35,40)/t27-,28+,29-,33-/m0/s1. The number of benzene rings is 4. The molecule has 9 heteroatoms. The van der Waals surface area contributed by atoms with Crippen LogP contribution in [0.4, 0.5) is 17.1 Å². The van der Waals surface area contributed by atoms with Crippen LogP contribution >= 0.6 is 11.6 Å². The zero-order valence-electron chi connectivity index (χ0n) is 21.9.